The van der Waals surface area contributed by atoms with Crippen LogP contribution in [-0.2, 0) is 6.54 Å². The number of hydrogen-bond donors (Lipinski definition) is 2. The predicted molar refractivity (Wildman–Crippen MR) is 127 cm³/mol. The summed E-state index contributed by atoms with van der Waals surface area (Å²) in [6, 6.07) is 5.70. The number of fused-ring (bicyclic) bond motifs is 1. The van der Waals surface area contributed by atoms with Gasteiger partial charge in [0.05, 0.1) is 22.5 Å². The molecule has 1 saturated heterocycles. The fourth-order valence-corrected chi connectivity index (χ4v) is 4.78. The molecule has 0 saturated carbocycles. The van der Waals surface area contributed by atoms with Crippen LogP contribution in [0.25, 0.3) is 5.65 Å². The van der Waals surface area contributed by atoms with Crippen molar-refractivity contribution < 1.29 is 14.7 Å². The number of pyridine rings is 2. The van der Waals surface area contributed by atoms with Gasteiger partial charge in [-0.2, -0.15) is 0 Å². The smallest absolute Gasteiger partial charge is 0.253 e. The fourth-order valence-electron chi connectivity index (χ4n) is 3.96. The molecular formula is C24H32N5O2S+. The van der Waals surface area contributed by atoms with Gasteiger partial charge in [0.1, 0.15) is 0 Å². The second-order valence-corrected chi connectivity index (χ2v) is 9.74. The molecule has 7 nitrogen and oxygen atoms in total. The van der Waals surface area contributed by atoms with E-state index in [4.69, 9.17) is 4.98 Å². The van der Waals surface area contributed by atoms with E-state index in [0.717, 1.165) is 76.4 Å². The number of nitrogens with zero attached hydrogens (tertiary/aromatic N) is 4. The second-order valence-electron chi connectivity index (χ2n) is 8.63. The minimum absolute atomic E-state index is 0.135. The van der Waals surface area contributed by atoms with Crippen LogP contribution in [0.3, 0.4) is 0 Å². The van der Waals surface area contributed by atoms with Crippen molar-refractivity contribution in [3.8, 4) is 0 Å². The minimum Gasteiger partial charge on any atom is -0.368 e. The zero-order valence-corrected chi connectivity index (χ0v) is 19.9. The van der Waals surface area contributed by atoms with E-state index in [1.807, 2.05) is 37.5 Å². The van der Waals surface area contributed by atoms with Crippen LogP contribution in [0, 0.1) is 12.8 Å². The zero-order chi connectivity index (χ0) is 22.7. The molecule has 3 aromatic rings. The summed E-state index contributed by atoms with van der Waals surface area (Å²) in [7, 11) is 0. The summed E-state index contributed by atoms with van der Waals surface area (Å²) in [5.41, 5.74) is 4.13. The Morgan fingerprint density at radius 1 is 1.34 bits per heavy atom. The molecule has 32 heavy (non-hydrogen) atoms. The fraction of sp³-hybridized carbons (Fsp3) is 0.458. The molecule has 1 aliphatic rings. The normalized spacial score (nSPS) is 14.8. The molecule has 0 spiro atoms. The lowest BCUT2D eigenvalue weighted by Crippen LogP contribution is -2.35. The van der Waals surface area contributed by atoms with Crippen LogP contribution < -0.4 is 14.9 Å². The van der Waals surface area contributed by atoms with Gasteiger partial charge in [0.25, 0.3) is 5.91 Å². The number of hydrogen-bond acceptors (Lipinski definition) is 5. The van der Waals surface area contributed by atoms with E-state index in [-0.39, 0.29) is 5.91 Å². The lowest BCUT2D eigenvalue weighted by molar-refractivity contribution is -0.909. The lowest BCUT2D eigenvalue weighted by atomic mass is 9.99. The minimum atomic E-state index is -0.135. The summed E-state index contributed by atoms with van der Waals surface area (Å²) in [5.74, 6) is 1.60. The third kappa shape index (κ3) is 4.85. The first-order valence-electron chi connectivity index (χ1n) is 11.3. The maximum atomic E-state index is 13.1. The first kappa shape index (κ1) is 22.5. The van der Waals surface area contributed by atoms with Gasteiger partial charge in [-0.15, -0.1) is 11.8 Å². The summed E-state index contributed by atoms with van der Waals surface area (Å²) in [6.45, 7) is 8.58. The Bertz CT molecular complexity index is 1110. The van der Waals surface area contributed by atoms with Crippen LogP contribution in [0.4, 0.5) is 5.69 Å². The van der Waals surface area contributed by atoms with E-state index in [2.05, 4.69) is 28.5 Å². The molecule has 2 N–H and O–H groups in total. The number of carbonyl (C=O) groups excluding carboxylic acids is 1. The second kappa shape index (κ2) is 9.81. The number of amides is 1. The molecule has 0 radical (unpaired) electrons. The van der Waals surface area contributed by atoms with Gasteiger partial charge in [-0.25, -0.2) is 4.98 Å². The first-order valence-corrected chi connectivity index (χ1v) is 12.3. The summed E-state index contributed by atoms with van der Waals surface area (Å²) in [4.78, 5) is 20.2. The Balaban J connectivity index is 1.63. The molecule has 3 aromatic heterocycles. The molecule has 0 aliphatic carbocycles. The van der Waals surface area contributed by atoms with Crippen LogP contribution in [0.15, 0.2) is 41.8 Å². The molecule has 1 aliphatic heterocycles. The van der Waals surface area contributed by atoms with Crippen LogP contribution in [0.2, 0.25) is 0 Å². The van der Waals surface area contributed by atoms with Crippen molar-refractivity contribution in [1.82, 2.24) is 14.7 Å². The average Bonchev–Trinajstić information content (AvgIpc) is 3.21. The summed E-state index contributed by atoms with van der Waals surface area (Å²) in [5, 5.41) is 13.9. The first-order chi connectivity index (χ1) is 15.5. The van der Waals surface area contributed by atoms with Crippen LogP contribution in [-0.4, -0.2) is 39.3 Å². The molecule has 8 heteroatoms. The highest BCUT2D eigenvalue weighted by molar-refractivity contribution is 7.99. The van der Waals surface area contributed by atoms with Crippen molar-refractivity contribution in [2.24, 2.45) is 5.92 Å². The van der Waals surface area contributed by atoms with E-state index < -0.39 is 0 Å². The third-order valence-electron chi connectivity index (χ3n) is 6.03. The Hall–Kier alpha value is -2.74. The summed E-state index contributed by atoms with van der Waals surface area (Å²) < 4.78 is 3.14. The van der Waals surface area contributed by atoms with Crippen molar-refractivity contribution in [3.05, 3.63) is 53.6 Å². The molecule has 0 unspecified atom stereocenters. The van der Waals surface area contributed by atoms with Crippen LogP contribution in [0.5, 0.6) is 0 Å². The largest absolute Gasteiger partial charge is 0.368 e. The Labute approximate surface area is 193 Å². The van der Waals surface area contributed by atoms with E-state index in [9.17, 15) is 10.0 Å². The number of aromatic nitrogens is 3. The Morgan fingerprint density at radius 3 is 2.84 bits per heavy atom. The van der Waals surface area contributed by atoms with Gasteiger partial charge in [-0.1, -0.05) is 13.8 Å². The zero-order valence-electron chi connectivity index (χ0n) is 19.0. The van der Waals surface area contributed by atoms with Gasteiger partial charge in [-0.05, 0) is 43.1 Å². The van der Waals surface area contributed by atoms with Gasteiger partial charge < -0.3 is 10.2 Å². The highest BCUT2D eigenvalue weighted by atomic mass is 32.2. The van der Waals surface area contributed by atoms with Crippen LogP contribution >= 0.6 is 11.8 Å². The molecule has 4 heterocycles. The Kier molecular flexibility index (Phi) is 6.89. The van der Waals surface area contributed by atoms with Gasteiger partial charge >= 0.3 is 0 Å². The molecule has 0 atom stereocenters. The third-order valence-corrected chi connectivity index (χ3v) is 7.24. The number of carbonyl (C=O) groups is 1. The highest BCUT2D eigenvalue weighted by Crippen LogP contribution is 2.31. The molecule has 4 rings (SSSR count). The number of rotatable bonds is 7. The number of aryl methyl sites for hydroxylation is 1. The summed E-state index contributed by atoms with van der Waals surface area (Å²) >= 11 is 1.77. The SMILES string of the molecule is CCCSc1cnc2c(N3CCC(C)CC3)cc(C(=O)NCc3ccc(C)[n+](O)c3)cn12. The molecule has 0 bridgehead atoms. The van der Waals surface area contributed by atoms with Crippen molar-refractivity contribution in [3.63, 3.8) is 0 Å². The topological polar surface area (TPSA) is 73.8 Å². The molecule has 0 aromatic carbocycles. The monoisotopic (exact) mass is 454 g/mol. The maximum Gasteiger partial charge on any atom is 0.253 e. The van der Waals surface area contributed by atoms with Crippen molar-refractivity contribution in [1.29, 1.82) is 0 Å². The van der Waals surface area contributed by atoms with E-state index >= 15 is 0 Å². The molecule has 1 fully saturated rings. The highest BCUT2D eigenvalue weighted by Gasteiger charge is 2.22. The predicted octanol–water partition coefficient (Wildman–Crippen LogP) is 3.84. The van der Waals surface area contributed by atoms with Gasteiger partial charge in [0.15, 0.2) is 5.65 Å². The molecule has 170 valence electrons. The van der Waals surface area contributed by atoms with E-state index in [1.165, 1.54) is 0 Å². The number of thioether (sulfide) groups is 1. The van der Waals surface area contributed by atoms with Crippen LogP contribution in [0.1, 0.15) is 54.7 Å². The number of piperidine rings is 1. The molecular weight excluding hydrogens is 422 g/mol. The van der Waals surface area contributed by atoms with Gasteiger partial charge in [0.2, 0.25) is 11.9 Å². The quantitative estimate of drug-likeness (QED) is 0.322. The number of anilines is 1. The van der Waals surface area contributed by atoms with E-state index in [0.29, 0.717) is 12.1 Å². The standard InChI is InChI=1S/C24H31N5O2S/c1-4-11-32-22-14-25-23-21(27-9-7-17(2)8-10-27)12-20(16-28(22)23)24(30)26-13-19-6-5-18(3)29(31)15-19/h5-6,12,14-17H,4,7-11,13H2,1-3H3,(H-,26,30,31)/p+1. The maximum absolute atomic E-state index is 13.1. The lowest BCUT2D eigenvalue weighted by Gasteiger charge is -2.32. The van der Waals surface area contributed by atoms with Gasteiger partial charge in [0, 0.05) is 49.1 Å². The number of nitrogens with one attached hydrogen (secondary N) is 1. The number of imidazole rings is 1. The van der Waals surface area contributed by atoms with E-state index in [1.54, 1.807) is 18.0 Å². The Morgan fingerprint density at radius 2 is 2.12 bits per heavy atom. The van der Waals surface area contributed by atoms with Crippen molar-refractivity contribution >= 4 is 29.0 Å². The van der Waals surface area contributed by atoms with Gasteiger partial charge in [-0.3, -0.25) is 14.4 Å². The summed E-state index contributed by atoms with van der Waals surface area (Å²) in [6.07, 6.45) is 8.81. The average molecular weight is 455 g/mol. The van der Waals surface area contributed by atoms with Crippen molar-refractivity contribution in [2.45, 2.75) is 51.6 Å². The molecule has 1 amide bonds. The van der Waals surface area contributed by atoms with Crippen molar-refractivity contribution in [2.75, 3.05) is 23.7 Å².